The summed E-state index contributed by atoms with van der Waals surface area (Å²) in [6.07, 6.45) is 2.85. The molecule has 0 fully saturated rings. The average Bonchev–Trinajstić information content (AvgIpc) is 3.15. The van der Waals surface area contributed by atoms with E-state index in [0.29, 0.717) is 0 Å². The van der Waals surface area contributed by atoms with Crippen molar-refractivity contribution in [2.75, 3.05) is 0 Å². The molecule has 0 aliphatic rings. The molecule has 0 unspecified atom stereocenters. The lowest BCUT2D eigenvalue weighted by Crippen LogP contribution is -2.74. The third-order valence-electron chi connectivity index (χ3n) is 8.59. The highest BCUT2D eigenvalue weighted by molar-refractivity contribution is 7.19. The third-order valence-corrected chi connectivity index (χ3v) is 8.59. The van der Waals surface area contributed by atoms with E-state index >= 15 is 0 Å². The quantitative estimate of drug-likeness (QED) is 0.115. The summed E-state index contributed by atoms with van der Waals surface area (Å²) in [5.41, 5.74) is 7.98. The minimum absolute atomic E-state index is 0.0644. The topological polar surface area (TPSA) is 20.9 Å². The number of carbonyl (C=O) groups is 1. The highest BCUT2D eigenvalue weighted by Crippen LogP contribution is 2.12. The zero-order valence-corrected chi connectivity index (χ0v) is 25.8. The Kier molecular flexibility index (Phi) is 9.72. The van der Waals surface area contributed by atoms with Crippen LogP contribution in [0, 0.1) is 0 Å². The van der Waals surface area contributed by atoms with Crippen LogP contribution in [0.3, 0.4) is 0 Å². The minimum Gasteiger partial charge on any atom is -0.289 e. The van der Waals surface area contributed by atoms with E-state index in [9.17, 15) is 4.79 Å². The van der Waals surface area contributed by atoms with Crippen molar-refractivity contribution >= 4 is 33.8 Å². The number of pyridine rings is 1. The molecule has 0 atom stereocenters. The third kappa shape index (κ3) is 6.80. The first-order valence-electron chi connectivity index (χ1n) is 15.8. The summed E-state index contributed by atoms with van der Waals surface area (Å²) >= 11 is 0. The smallest absolute Gasteiger partial charge is 0.193 e. The summed E-state index contributed by atoms with van der Waals surface area (Å²) in [6, 6.07) is 66.7. The predicted molar refractivity (Wildman–Crippen MR) is 192 cm³/mol. The number of ketones is 1. The first kappa shape index (κ1) is 30.2. The molecular weight excluding hydrogens is 557 g/mol. The van der Waals surface area contributed by atoms with E-state index < -0.39 is 6.15 Å². The first-order valence-corrected chi connectivity index (χ1v) is 15.8. The lowest BCUT2D eigenvalue weighted by Gasteiger charge is -2.44. The van der Waals surface area contributed by atoms with Gasteiger partial charge >= 0.3 is 0 Å². The second-order valence-electron chi connectivity index (χ2n) is 11.4. The Balaban J connectivity index is 0.000000164. The summed E-state index contributed by atoms with van der Waals surface area (Å²) in [5.74, 6) is 0.0644. The van der Waals surface area contributed by atoms with E-state index in [-0.39, 0.29) is 5.78 Å². The van der Waals surface area contributed by atoms with Crippen LogP contribution in [0.4, 0.5) is 0 Å². The fourth-order valence-corrected chi connectivity index (χ4v) is 6.39. The molecule has 3 heteroatoms. The molecule has 0 saturated heterocycles. The Bertz CT molecular complexity index is 1770. The lowest BCUT2D eigenvalue weighted by molar-refractivity contribution is -0.688. The fraction of sp³-hybridized carbons (Fsp3) is 0.0233. The van der Waals surface area contributed by atoms with Gasteiger partial charge in [-0.05, 0) is 0 Å². The van der Waals surface area contributed by atoms with Crippen LogP contribution in [0.15, 0.2) is 207 Å². The van der Waals surface area contributed by atoms with Crippen LogP contribution < -0.4 is 26.4 Å². The molecule has 0 amide bonds. The highest BCUT2D eigenvalue weighted by Gasteiger charge is 2.31. The highest BCUT2D eigenvalue weighted by atomic mass is 16.1. The maximum absolute atomic E-state index is 12.3. The zero-order valence-electron chi connectivity index (χ0n) is 25.8. The maximum atomic E-state index is 12.3. The summed E-state index contributed by atoms with van der Waals surface area (Å²) in [5, 5.41) is 0. The van der Waals surface area contributed by atoms with Crippen LogP contribution in [-0.4, -0.2) is 11.9 Å². The van der Waals surface area contributed by atoms with Crippen LogP contribution in [0.2, 0.25) is 0 Å². The van der Waals surface area contributed by atoms with E-state index in [2.05, 4.69) is 126 Å². The van der Waals surface area contributed by atoms with Gasteiger partial charge in [0.2, 0.25) is 0 Å². The molecule has 6 aromatic carbocycles. The van der Waals surface area contributed by atoms with Gasteiger partial charge in [0.15, 0.2) is 24.7 Å². The van der Waals surface area contributed by atoms with Gasteiger partial charge in [0.1, 0.15) is 6.15 Å². The Morgan fingerprint density at radius 3 is 1.11 bits per heavy atom. The first-order chi connectivity index (χ1) is 22.7. The molecule has 0 spiro atoms. The Hall–Kier alpha value is -5.80. The normalized spacial score (nSPS) is 10.8. The Morgan fingerprint density at radius 1 is 0.391 bits per heavy atom. The van der Waals surface area contributed by atoms with Gasteiger partial charge in [-0.3, -0.25) is 4.79 Å². The molecule has 222 valence electrons. The second kappa shape index (κ2) is 14.8. The van der Waals surface area contributed by atoms with Gasteiger partial charge < -0.3 is 0 Å². The number of rotatable bonds is 8. The van der Waals surface area contributed by atoms with Crippen LogP contribution in [-0.2, 0) is 6.54 Å². The summed E-state index contributed by atoms with van der Waals surface area (Å²) < 4.78 is 2.11. The molecule has 1 aromatic heterocycles. The van der Waals surface area contributed by atoms with Gasteiger partial charge in [-0.25, -0.2) is 4.57 Å². The van der Waals surface area contributed by atoms with Crippen LogP contribution >= 0.6 is 0 Å². The molecule has 0 aliphatic carbocycles. The molecule has 7 rings (SSSR count). The molecule has 0 N–H and O–H groups in total. The monoisotopic (exact) mass is 593 g/mol. The van der Waals surface area contributed by atoms with Crippen molar-refractivity contribution < 1.29 is 9.36 Å². The number of hydrogen-bond acceptors (Lipinski definition) is 1. The Labute approximate surface area is 272 Å². The average molecular weight is 594 g/mol. The summed E-state index contributed by atoms with van der Waals surface area (Å²) in [4.78, 5) is 12.3. The van der Waals surface area contributed by atoms with Crippen LogP contribution in [0.25, 0.3) is 0 Å². The standard InChI is InChI=1S/C24H20B.C19H16NO/c1-5-13-21(14-6-1)25(22-15-7-2-8-16-22,23-17-9-3-10-18-23)24-19-11-4-12-20-24;21-19(17-7-3-1-4-8-17)18-11-9-16(10-12-18)15-20-13-5-2-6-14-20/h1-20H;1-14H,15H2/q-1;+1. The number of hydrogen-bond donors (Lipinski definition) is 0. The fourth-order valence-electron chi connectivity index (χ4n) is 6.39. The lowest BCUT2D eigenvalue weighted by atomic mass is 9.13. The van der Waals surface area contributed by atoms with E-state index in [1.807, 2.05) is 85.2 Å². The van der Waals surface area contributed by atoms with Gasteiger partial charge in [-0.1, -0.05) is 182 Å². The van der Waals surface area contributed by atoms with E-state index in [4.69, 9.17) is 0 Å². The molecule has 46 heavy (non-hydrogen) atoms. The van der Waals surface area contributed by atoms with E-state index in [1.54, 1.807) is 0 Å². The van der Waals surface area contributed by atoms with Gasteiger partial charge in [-0.2, -0.15) is 21.9 Å². The SMILES string of the molecule is O=C(c1ccccc1)c1ccc(C[n+]2ccccc2)cc1.c1ccc([B-](c2ccccc2)(c2ccccc2)c2ccccc2)cc1. The molecule has 1 heterocycles. The largest absolute Gasteiger partial charge is 0.289 e. The van der Waals surface area contributed by atoms with Crippen molar-refractivity contribution in [1.29, 1.82) is 0 Å². The molecule has 7 aromatic rings. The number of nitrogens with zero attached hydrogens (tertiary/aromatic N) is 1. The number of aromatic nitrogens is 1. The van der Waals surface area contributed by atoms with Gasteiger partial charge in [0.05, 0.1) is 0 Å². The van der Waals surface area contributed by atoms with Crippen molar-refractivity contribution in [1.82, 2.24) is 0 Å². The van der Waals surface area contributed by atoms with Crippen LogP contribution in [0.1, 0.15) is 21.5 Å². The van der Waals surface area contributed by atoms with Crippen molar-refractivity contribution in [3.63, 3.8) is 0 Å². The summed E-state index contributed by atoms with van der Waals surface area (Å²) in [6.45, 7) is 0.806. The van der Waals surface area contributed by atoms with Crippen molar-refractivity contribution in [3.05, 3.63) is 223 Å². The molecule has 2 nitrogen and oxygen atoms in total. The van der Waals surface area contributed by atoms with E-state index in [0.717, 1.165) is 17.7 Å². The van der Waals surface area contributed by atoms with Crippen LogP contribution in [0.5, 0.6) is 0 Å². The molecule has 0 bridgehead atoms. The zero-order chi connectivity index (χ0) is 31.4. The number of benzene rings is 6. The maximum Gasteiger partial charge on any atom is 0.193 e. The summed E-state index contributed by atoms with van der Waals surface area (Å²) in [7, 11) is 0. The number of carbonyl (C=O) groups excluding carboxylic acids is 1. The molecule has 0 saturated carbocycles. The minimum atomic E-state index is -1.22. The molecular formula is C43H36BNO. The van der Waals surface area contributed by atoms with Crippen molar-refractivity contribution in [2.45, 2.75) is 6.54 Å². The second-order valence-corrected chi connectivity index (χ2v) is 11.4. The van der Waals surface area contributed by atoms with Gasteiger partial charge in [0, 0.05) is 28.8 Å². The van der Waals surface area contributed by atoms with Gasteiger partial charge in [-0.15, -0.1) is 0 Å². The van der Waals surface area contributed by atoms with E-state index in [1.165, 1.54) is 27.4 Å². The molecule has 0 aliphatic heterocycles. The molecule has 0 radical (unpaired) electrons. The van der Waals surface area contributed by atoms with Gasteiger partial charge in [0.25, 0.3) is 0 Å². The predicted octanol–water partition coefficient (Wildman–Crippen LogP) is 6.32. The van der Waals surface area contributed by atoms with Crippen molar-refractivity contribution in [2.24, 2.45) is 0 Å². The van der Waals surface area contributed by atoms with Crippen molar-refractivity contribution in [3.8, 4) is 0 Å². The Morgan fingerprint density at radius 2 is 0.717 bits per heavy atom.